The predicted molar refractivity (Wildman–Crippen MR) is 66.5 cm³/mol. The molecule has 0 bridgehead atoms. The van der Waals surface area contributed by atoms with Gasteiger partial charge in [-0.25, -0.2) is 18.0 Å². The third-order valence-corrected chi connectivity index (χ3v) is 3.86. The summed E-state index contributed by atoms with van der Waals surface area (Å²) < 4.78 is 23.6. The molecule has 1 aromatic rings. The molecule has 1 aromatic carbocycles. The number of benzene rings is 1. The number of carboxylic acids is 1. The summed E-state index contributed by atoms with van der Waals surface area (Å²) in [6, 6.07) is 6.56. The Hall–Kier alpha value is -2.09. The lowest BCUT2D eigenvalue weighted by atomic mass is 10.2. The van der Waals surface area contributed by atoms with Crippen LogP contribution in [0.1, 0.15) is 5.56 Å². The highest BCUT2D eigenvalue weighted by molar-refractivity contribution is 7.90. The lowest BCUT2D eigenvalue weighted by molar-refractivity contribution is -0.138. The van der Waals surface area contributed by atoms with Gasteiger partial charge >= 0.3 is 12.1 Å². The minimum atomic E-state index is -3.73. The highest BCUT2D eigenvalue weighted by Gasteiger charge is 2.26. The van der Waals surface area contributed by atoms with Crippen LogP contribution in [0.2, 0.25) is 0 Å². The highest BCUT2D eigenvalue weighted by Crippen LogP contribution is 2.07. The average molecular weight is 287 g/mol. The van der Waals surface area contributed by atoms with Gasteiger partial charge < -0.3 is 15.5 Å². The van der Waals surface area contributed by atoms with Crippen molar-refractivity contribution < 1.29 is 28.2 Å². The van der Waals surface area contributed by atoms with Crippen molar-refractivity contribution in [3.8, 4) is 0 Å². The van der Waals surface area contributed by atoms with E-state index in [0.29, 0.717) is 5.56 Å². The second-order valence-corrected chi connectivity index (χ2v) is 5.99. The first-order chi connectivity index (χ1) is 8.80. The van der Waals surface area contributed by atoms with E-state index in [1.807, 2.05) is 0 Å². The van der Waals surface area contributed by atoms with Crippen molar-refractivity contribution in [1.29, 1.82) is 0 Å². The average Bonchev–Trinajstić information content (AvgIpc) is 2.27. The predicted octanol–water partition coefficient (Wildman–Crippen LogP) is 0.322. The SMILES string of the molecule is O=C(O)NC(CS(=O)(=O)Cc1ccccc1)C(=O)O. The van der Waals surface area contributed by atoms with Crippen LogP contribution >= 0.6 is 0 Å². The van der Waals surface area contributed by atoms with Gasteiger partial charge in [0.25, 0.3) is 0 Å². The summed E-state index contributed by atoms with van der Waals surface area (Å²) in [5, 5.41) is 18.9. The summed E-state index contributed by atoms with van der Waals surface area (Å²) >= 11 is 0. The van der Waals surface area contributed by atoms with Crippen LogP contribution in [0.15, 0.2) is 30.3 Å². The molecule has 0 aliphatic rings. The van der Waals surface area contributed by atoms with Gasteiger partial charge in [-0.15, -0.1) is 0 Å². The third kappa shape index (κ3) is 5.38. The van der Waals surface area contributed by atoms with Gasteiger partial charge in [-0.2, -0.15) is 0 Å². The van der Waals surface area contributed by atoms with E-state index >= 15 is 0 Å². The van der Waals surface area contributed by atoms with Gasteiger partial charge in [0.15, 0.2) is 9.84 Å². The van der Waals surface area contributed by atoms with Crippen molar-refractivity contribution in [3.05, 3.63) is 35.9 Å². The van der Waals surface area contributed by atoms with Crippen molar-refractivity contribution in [2.45, 2.75) is 11.8 Å². The largest absolute Gasteiger partial charge is 0.480 e. The van der Waals surface area contributed by atoms with Crippen molar-refractivity contribution in [1.82, 2.24) is 5.32 Å². The van der Waals surface area contributed by atoms with Crippen LogP contribution in [0.25, 0.3) is 0 Å². The summed E-state index contributed by atoms with van der Waals surface area (Å²) in [5.41, 5.74) is 0.516. The Kier molecular flexibility index (Phi) is 4.87. The minimum absolute atomic E-state index is 0.334. The molecule has 1 amide bonds. The van der Waals surface area contributed by atoms with E-state index in [4.69, 9.17) is 10.2 Å². The molecule has 0 saturated carbocycles. The van der Waals surface area contributed by atoms with Crippen LogP contribution in [0.4, 0.5) is 4.79 Å². The van der Waals surface area contributed by atoms with E-state index in [0.717, 1.165) is 0 Å². The number of amides is 1. The number of rotatable bonds is 6. The molecule has 0 heterocycles. The Bertz CT molecular complexity index is 554. The zero-order valence-electron chi connectivity index (χ0n) is 9.81. The molecule has 3 N–H and O–H groups in total. The van der Waals surface area contributed by atoms with E-state index in [-0.39, 0.29) is 5.75 Å². The molecule has 0 aromatic heterocycles. The molecule has 1 rings (SSSR count). The summed E-state index contributed by atoms with van der Waals surface area (Å²) in [4.78, 5) is 21.2. The first-order valence-corrected chi connectivity index (χ1v) is 7.09. The Balaban J connectivity index is 2.77. The smallest absolute Gasteiger partial charge is 0.405 e. The van der Waals surface area contributed by atoms with Gasteiger partial charge in [-0.3, -0.25) is 0 Å². The lowest BCUT2D eigenvalue weighted by Gasteiger charge is -2.12. The van der Waals surface area contributed by atoms with E-state index in [2.05, 4.69) is 0 Å². The third-order valence-electron chi connectivity index (χ3n) is 2.25. The number of nitrogens with one attached hydrogen (secondary N) is 1. The highest BCUT2D eigenvalue weighted by atomic mass is 32.2. The lowest BCUT2D eigenvalue weighted by Crippen LogP contribution is -2.44. The molecule has 1 unspecified atom stereocenters. The Morgan fingerprint density at radius 3 is 2.21 bits per heavy atom. The molecule has 8 heteroatoms. The maximum Gasteiger partial charge on any atom is 0.405 e. The standard InChI is InChI=1S/C11H13NO6S/c13-10(14)9(12-11(15)16)7-19(17,18)6-8-4-2-1-3-5-8/h1-5,9,12H,6-7H2,(H,13,14)(H,15,16). The second-order valence-electron chi connectivity index (χ2n) is 3.88. The van der Waals surface area contributed by atoms with Crippen LogP contribution in [-0.2, 0) is 20.4 Å². The summed E-state index contributed by atoms with van der Waals surface area (Å²) in [6.07, 6.45) is -1.58. The van der Waals surface area contributed by atoms with E-state index in [1.165, 1.54) is 0 Å². The topological polar surface area (TPSA) is 121 Å². The molecule has 0 radical (unpaired) electrons. The van der Waals surface area contributed by atoms with Crippen LogP contribution in [0.3, 0.4) is 0 Å². The number of aliphatic carboxylic acids is 1. The Morgan fingerprint density at radius 1 is 1.16 bits per heavy atom. The number of carboxylic acid groups (broad SMARTS) is 2. The van der Waals surface area contributed by atoms with Crippen LogP contribution in [0, 0.1) is 0 Å². The van der Waals surface area contributed by atoms with Crippen molar-refractivity contribution in [2.24, 2.45) is 0 Å². The number of hydrogen-bond acceptors (Lipinski definition) is 4. The molecule has 0 aliphatic heterocycles. The molecule has 104 valence electrons. The maximum atomic E-state index is 11.8. The number of carbonyl (C=O) groups is 2. The molecule has 7 nitrogen and oxygen atoms in total. The fourth-order valence-corrected chi connectivity index (χ4v) is 3.02. The zero-order chi connectivity index (χ0) is 14.5. The van der Waals surface area contributed by atoms with Gasteiger partial charge in [0.2, 0.25) is 0 Å². The van der Waals surface area contributed by atoms with Crippen molar-refractivity contribution in [2.75, 3.05) is 5.75 Å². The van der Waals surface area contributed by atoms with Gasteiger partial charge in [-0.1, -0.05) is 30.3 Å². The molecule has 19 heavy (non-hydrogen) atoms. The first-order valence-electron chi connectivity index (χ1n) is 5.27. The van der Waals surface area contributed by atoms with Crippen LogP contribution in [0.5, 0.6) is 0 Å². The minimum Gasteiger partial charge on any atom is -0.480 e. The molecule has 0 saturated heterocycles. The molecular formula is C11H13NO6S. The second kappa shape index (κ2) is 6.19. The van der Waals surface area contributed by atoms with Gasteiger partial charge in [0.05, 0.1) is 11.5 Å². The van der Waals surface area contributed by atoms with Crippen molar-refractivity contribution in [3.63, 3.8) is 0 Å². The summed E-state index contributed by atoms with van der Waals surface area (Å²) in [7, 11) is -3.73. The molecule has 0 aliphatic carbocycles. The van der Waals surface area contributed by atoms with E-state index < -0.39 is 33.7 Å². The molecular weight excluding hydrogens is 274 g/mol. The molecule has 1 atom stereocenters. The number of hydrogen-bond donors (Lipinski definition) is 3. The zero-order valence-corrected chi connectivity index (χ0v) is 10.6. The fourth-order valence-electron chi connectivity index (χ4n) is 1.46. The first kappa shape index (κ1) is 15.0. The number of sulfone groups is 1. The Morgan fingerprint density at radius 2 is 1.74 bits per heavy atom. The van der Waals surface area contributed by atoms with Gasteiger partial charge in [-0.05, 0) is 5.56 Å². The normalized spacial score (nSPS) is 12.6. The summed E-state index contributed by atoms with van der Waals surface area (Å²) in [6.45, 7) is 0. The van der Waals surface area contributed by atoms with Gasteiger partial charge in [0, 0.05) is 0 Å². The fraction of sp³-hybridized carbons (Fsp3) is 0.273. The van der Waals surface area contributed by atoms with Crippen molar-refractivity contribution >= 4 is 21.9 Å². The van der Waals surface area contributed by atoms with Crippen LogP contribution in [-0.4, -0.2) is 42.5 Å². The summed E-state index contributed by atoms with van der Waals surface area (Å²) in [5.74, 6) is -2.65. The maximum absolute atomic E-state index is 11.8. The van der Waals surface area contributed by atoms with E-state index in [9.17, 15) is 18.0 Å². The monoisotopic (exact) mass is 287 g/mol. The van der Waals surface area contributed by atoms with Gasteiger partial charge in [0.1, 0.15) is 6.04 Å². The quantitative estimate of drug-likeness (QED) is 0.693. The molecule has 0 fully saturated rings. The molecule has 0 spiro atoms. The Labute approximate surface area is 109 Å². The van der Waals surface area contributed by atoms with Crippen LogP contribution < -0.4 is 5.32 Å². The van der Waals surface area contributed by atoms with E-state index in [1.54, 1.807) is 35.6 Å².